The Kier molecular flexibility index (Phi) is 3.24. The first-order valence-electron chi connectivity index (χ1n) is 3.89. The summed E-state index contributed by atoms with van der Waals surface area (Å²) in [5.41, 5.74) is 4.71. The van der Waals surface area contributed by atoms with Gasteiger partial charge in [0.1, 0.15) is 5.82 Å². The summed E-state index contributed by atoms with van der Waals surface area (Å²) in [6, 6.07) is 1.62. The average Bonchev–Trinajstić information content (AvgIpc) is 2.13. The van der Waals surface area contributed by atoms with Gasteiger partial charge in [-0.1, -0.05) is 5.92 Å². The molecular weight excluding hydrogens is 204 g/mol. The molecule has 1 aromatic rings. The largest absolute Gasteiger partial charge is 0.492 e. The molecular formula is C10H7F2NO2. The summed E-state index contributed by atoms with van der Waals surface area (Å²) >= 11 is 0. The zero-order valence-corrected chi connectivity index (χ0v) is 7.80. The van der Waals surface area contributed by atoms with Crippen molar-refractivity contribution in [1.82, 2.24) is 0 Å². The van der Waals surface area contributed by atoms with E-state index >= 15 is 0 Å². The van der Waals surface area contributed by atoms with E-state index in [4.69, 9.17) is 5.73 Å². The molecule has 1 amide bonds. The number of hydrogen-bond donors (Lipinski definition) is 1. The molecule has 78 valence electrons. The first-order valence-corrected chi connectivity index (χ1v) is 3.89. The first-order chi connectivity index (χ1) is 7.04. The third-order valence-corrected chi connectivity index (χ3v) is 1.53. The van der Waals surface area contributed by atoms with Crippen molar-refractivity contribution in [1.29, 1.82) is 0 Å². The van der Waals surface area contributed by atoms with Gasteiger partial charge in [0.15, 0.2) is 11.6 Å². The van der Waals surface area contributed by atoms with Crippen LogP contribution < -0.4 is 10.5 Å². The topological polar surface area (TPSA) is 52.3 Å². The fourth-order valence-electron chi connectivity index (χ4n) is 0.990. The van der Waals surface area contributed by atoms with E-state index in [2.05, 4.69) is 10.7 Å². The van der Waals surface area contributed by atoms with Gasteiger partial charge in [0.25, 0.3) is 5.91 Å². The van der Waals surface area contributed by atoms with Crippen molar-refractivity contribution in [3.05, 3.63) is 29.3 Å². The van der Waals surface area contributed by atoms with Crippen LogP contribution in [0.4, 0.5) is 8.78 Å². The lowest BCUT2D eigenvalue weighted by atomic mass is 10.2. The standard InChI is InChI=1S/C10H7F2NO2/c1-15-10-6(2-3-9(13)14)4-7(11)5-8(10)12/h4-5H,1H3,(H2,13,14). The van der Waals surface area contributed by atoms with Crippen molar-refractivity contribution in [2.75, 3.05) is 7.11 Å². The van der Waals surface area contributed by atoms with Gasteiger partial charge in [0, 0.05) is 12.0 Å². The van der Waals surface area contributed by atoms with Crippen LogP contribution >= 0.6 is 0 Å². The first kappa shape index (κ1) is 11.0. The Morgan fingerprint density at radius 3 is 2.67 bits per heavy atom. The molecule has 0 aromatic heterocycles. The lowest BCUT2D eigenvalue weighted by Gasteiger charge is -2.04. The lowest BCUT2D eigenvalue weighted by molar-refractivity contribution is -0.112. The third kappa shape index (κ3) is 2.68. The Labute approximate surface area is 84.8 Å². The summed E-state index contributed by atoms with van der Waals surface area (Å²) in [7, 11) is 1.21. The SMILES string of the molecule is COc1c(F)cc(F)cc1C#CC(N)=O. The second-order valence-corrected chi connectivity index (χ2v) is 2.58. The van der Waals surface area contributed by atoms with E-state index in [1.807, 2.05) is 5.92 Å². The van der Waals surface area contributed by atoms with Gasteiger partial charge in [0.2, 0.25) is 0 Å². The van der Waals surface area contributed by atoms with Crippen LogP contribution in [-0.2, 0) is 4.79 Å². The molecule has 0 fully saturated rings. The van der Waals surface area contributed by atoms with Crippen molar-refractivity contribution in [2.45, 2.75) is 0 Å². The lowest BCUT2D eigenvalue weighted by Crippen LogP contribution is -2.06. The zero-order valence-electron chi connectivity index (χ0n) is 7.80. The van der Waals surface area contributed by atoms with Crippen LogP contribution in [0.15, 0.2) is 12.1 Å². The summed E-state index contributed by atoms with van der Waals surface area (Å²) < 4.78 is 30.5. The Bertz CT molecular complexity index is 460. The van der Waals surface area contributed by atoms with Crippen molar-refractivity contribution >= 4 is 5.91 Å². The summed E-state index contributed by atoms with van der Waals surface area (Å²) in [5, 5.41) is 0. The van der Waals surface area contributed by atoms with E-state index in [0.29, 0.717) is 6.07 Å². The maximum atomic E-state index is 13.1. The predicted octanol–water partition coefficient (Wildman–Crippen LogP) is 0.810. The van der Waals surface area contributed by atoms with E-state index in [1.165, 1.54) is 7.11 Å². The quantitative estimate of drug-likeness (QED) is 0.699. The number of benzene rings is 1. The van der Waals surface area contributed by atoms with Gasteiger partial charge in [-0.25, -0.2) is 8.78 Å². The molecule has 0 aliphatic carbocycles. The van der Waals surface area contributed by atoms with Crippen molar-refractivity contribution in [2.24, 2.45) is 5.73 Å². The number of halogens is 2. The summed E-state index contributed by atoms with van der Waals surface area (Å²) in [6.07, 6.45) is 0. The van der Waals surface area contributed by atoms with Crippen molar-refractivity contribution < 1.29 is 18.3 Å². The Balaban J connectivity index is 3.28. The minimum absolute atomic E-state index is 0.0613. The van der Waals surface area contributed by atoms with Crippen LogP contribution in [0.1, 0.15) is 5.56 Å². The van der Waals surface area contributed by atoms with Crippen LogP contribution in [0.25, 0.3) is 0 Å². The maximum Gasteiger partial charge on any atom is 0.293 e. The Morgan fingerprint density at radius 2 is 2.13 bits per heavy atom. The number of methoxy groups -OCH3 is 1. The van der Waals surface area contributed by atoms with Gasteiger partial charge in [-0.3, -0.25) is 4.79 Å². The number of hydrogen-bond acceptors (Lipinski definition) is 2. The molecule has 0 heterocycles. The fraction of sp³-hybridized carbons (Fsp3) is 0.100. The molecule has 0 atom stereocenters. The van der Waals surface area contributed by atoms with E-state index in [1.54, 1.807) is 0 Å². The smallest absolute Gasteiger partial charge is 0.293 e. The molecule has 1 rings (SSSR count). The molecule has 0 radical (unpaired) electrons. The van der Waals surface area contributed by atoms with Gasteiger partial charge in [-0.2, -0.15) is 0 Å². The van der Waals surface area contributed by atoms with E-state index in [9.17, 15) is 13.6 Å². The van der Waals surface area contributed by atoms with E-state index < -0.39 is 17.5 Å². The number of nitrogens with two attached hydrogens (primary N) is 1. The molecule has 5 heteroatoms. The highest BCUT2D eigenvalue weighted by atomic mass is 19.1. The predicted molar refractivity (Wildman–Crippen MR) is 49.0 cm³/mol. The van der Waals surface area contributed by atoms with Gasteiger partial charge < -0.3 is 10.5 Å². The zero-order chi connectivity index (χ0) is 11.4. The number of carbonyl (C=O) groups is 1. The van der Waals surface area contributed by atoms with Crippen LogP contribution in [0.3, 0.4) is 0 Å². The number of primary amides is 1. The number of carbonyl (C=O) groups excluding carboxylic acids is 1. The normalized spacial score (nSPS) is 9.00. The second-order valence-electron chi connectivity index (χ2n) is 2.58. The molecule has 15 heavy (non-hydrogen) atoms. The number of amides is 1. The summed E-state index contributed by atoms with van der Waals surface area (Å²) in [6.45, 7) is 0. The summed E-state index contributed by atoms with van der Waals surface area (Å²) in [4.78, 5) is 10.4. The second kappa shape index (κ2) is 4.42. The molecule has 2 N–H and O–H groups in total. The van der Waals surface area contributed by atoms with Crippen LogP contribution in [0.2, 0.25) is 0 Å². The molecule has 0 saturated heterocycles. The van der Waals surface area contributed by atoms with Crippen molar-refractivity contribution in [3.8, 4) is 17.6 Å². The molecule has 0 bridgehead atoms. The van der Waals surface area contributed by atoms with Crippen LogP contribution in [-0.4, -0.2) is 13.0 Å². The fourth-order valence-corrected chi connectivity index (χ4v) is 0.990. The maximum absolute atomic E-state index is 13.1. The molecule has 3 nitrogen and oxygen atoms in total. The van der Waals surface area contributed by atoms with Crippen LogP contribution in [0, 0.1) is 23.5 Å². The molecule has 1 aromatic carbocycles. The monoisotopic (exact) mass is 211 g/mol. The highest BCUT2D eigenvalue weighted by Gasteiger charge is 2.09. The van der Waals surface area contributed by atoms with Gasteiger partial charge in [-0.15, -0.1) is 0 Å². The van der Waals surface area contributed by atoms with Gasteiger partial charge in [-0.05, 0) is 6.07 Å². The molecule has 0 spiro atoms. The molecule has 0 aliphatic rings. The third-order valence-electron chi connectivity index (χ3n) is 1.53. The Morgan fingerprint density at radius 1 is 1.47 bits per heavy atom. The van der Waals surface area contributed by atoms with Crippen molar-refractivity contribution in [3.63, 3.8) is 0 Å². The number of ether oxygens (including phenoxy) is 1. The molecule has 0 saturated carbocycles. The van der Waals surface area contributed by atoms with Gasteiger partial charge >= 0.3 is 0 Å². The highest BCUT2D eigenvalue weighted by Crippen LogP contribution is 2.22. The summed E-state index contributed by atoms with van der Waals surface area (Å²) in [5.74, 6) is 1.39. The van der Waals surface area contributed by atoms with Gasteiger partial charge in [0.05, 0.1) is 12.7 Å². The minimum atomic E-state index is -0.887. The molecule has 0 aliphatic heterocycles. The van der Waals surface area contributed by atoms with E-state index in [-0.39, 0.29) is 11.3 Å². The number of rotatable bonds is 1. The van der Waals surface area contributed by atoms with E-state index in [0.717, 1.165) is 6.07 Å². The Hall–Kier alpha value is -2.09. The van der Waals surface area contributed by atoms with Crippen LogP contribution in [0.5, 0.6) is 5.75 Å². The minimum Gasteiger partial charge on any atom is -0.492 e. The average molecular weight is 211 g/mol. The molecule has 0 unspecified atom stereocenters. The highest BCUT2D eigenvalue weighted by molar-refractivity contribution is 5.92.